The molecule has 1 aromatic carbocycles. The lowest BCUT2D eigenvalue weighted by molar-refractivity contribution is 0.0649. The fourth-order valence-corrected chi connectivity index (χ4v) is 2.07. The van der Waals surface area contributed by atoms with E-state index in [1.807, 2.05) is 0 Å². The van der Waals surface area contributed by atoms with Crippen molar-refractivity contribution in [3.05, 3.63) is 40.6 Å². The van der Waals surface area contributed by atoms with Crippen LogP contribution in [0.5, 0.6) is 0 Å². The largest absolute Gasteiger partial charge is 0.478 e. The summed E-state index contributed by atoms with van der Waals surface area (Å²) in [7, 11) is 0. The first kappa shape index (κ1) is 14.9. The highest BCUT2D eigenvalue weighted by Gasteiger charge is 2.27. The topological polar surface area (TPSA) is 162 Å². The van der Waals surface area contributed by atoms with Crippen molar-refractivity contribution in [3.8, 4) is 0 Å². The maximum atomic E-state index is 11.4. The summed E-state index contributed by atoms with van der Waals surface area (Å²) in [5, 5.41) is 36.0. The highest BCUT2D eigenvalue weighted by Crippen LogP contribution is 2.28. The van der Waals surface area contributed by atoms with Gasteiger partial charge in [-0.05, 0) is 12.1 Å². The molecule has 0 aliphatic rings. The van der Waals surface area contributed by atoms with E-state index in [0.29, 0.717) is 6.07 Å². The molecule has 9 nitrogen and oxygen atoms in total. The highest BCUT2D eigenvalue weighted by molar-refractivity contribution is 6.20. The molecule has 0 saturated heterocycles. The molecule has 1 aromatic heterocycles. The van der Waals surface area contributed by atoms with Gasteiger partial charge in [0.25, 0.3) is 0 Å². The molecule has 1 heterocycles. The van der Waals surface area contributed by atoms with E-state index in [9.17, 15) is 24.3 Å². The second kappa shape index (κ2) is 5.13. The molecule has 0 unspecified atom stereocenters. The van der Waals surface area contributed by atoms with Crippen LogP contribution in [0.1, 0.15) is 41.4 Å². The van der Waals surface area contributed by atoms with Gasteiger partial charge in [0.05, 0.1) is 27.8 Å². The lowest BCUT2D eigenvalue weighted by Crippen LogP contribution is -2.14. The van der Waals surface area contributed by atoms with Crippen molar-refractivity contribution in [1.29, 1.82) is 0 Å². The number of nitrogens with zero attached hydrogens (tertiary/aromatic N) is 1. The summed E-state index contributed by atoms with van der Waals surface area (Å²) in [6.45, 7) is 0. The third-order valence-electron chi connectivity index (χ3n) is 2.92. The van der Waals surface area contributed by atoms with Gasteiger partial charge in [0.15, 0.2) is 0 Å². The molecule has 0 fully saturated rings. The number of hydrogen-bond acceptors (Lipinski definition) is 5. The number of benzene rings is 1. The Morgan fingerprint density at radius 2 is 1.32 bits per heavy atom. The quantitative estimate of drug-likeness (QED) is 0.645. The number of carbonyl (C=O) groups is 4. The van der Waals surface area contributed by atoms with E-state index in [2.05, 4.69) is 4.98 Å². The van der Waals surface area contributed by atoms with E-state index in [4.69, 9.17) is 15.3 Å². The Morgan fingerprint density at radius 3 is 1.77 bits per heavy atom. The highest BCUT2D eigenvalue weighted by atomic mass is 16.4. The number of hydrogen-bond donors (Lipinski definition) is 4. The van der Waals surface area contributed by atoms with E-state index in [1.54, 1.807) is 0 Å². The van der Waals surface area contributed by atoms with E-state index in [-0.39, 0.29) is 0 Å². The fourth-order valence-electron chi connectivity index (χ4n) is 2.07. The monoisotopic (exact) mass is 305 g/mol. The minimum atomic E-state index is -1.70. The Hall–Kier alpha value is -3.49. The first-order chi connectivity index (χ1) is 10.3. The first-order valence-electron chi connectivity index (χ1n) is 5.64. The standard InChI is InChI=1S/C13H7NO8/c15-10(16)4-1-2-14-9-6(12(19)20)3-5(11(17)18)8(7(4)9)13(21)22/h1-3H,(H,15,16)(H,17,18)(H,19,20)(H,21,22). The van der Waals surface area contributed by atoms with Crippen LogP contribution in [0.4, 0.5) is 0 Å². The Balaban J connectivity index is 3.18. The molecule has 0 radical (unpaired) electrons. The summed E-state index contributed by atoms with van der Waals surface area (Å²) in [5.74, 6) is -6.48. The van der Waals surface area contributed by atoms with Crippen LogP contribution in [0.15, 0.2) is 18.3 Å². The Kier molecular flexibility index (Phi) is 3.47. The maximum absolute atomic E-state index is 11.4. The number of pyridine rings is 1. The predicted molar refractivity (Wildman–Crippen MR) is 69.6 cm³/mol. The van der Waals surface area contributed by atoms with E-state index >= 15 is 0 Å². The van der Waals surface area contributed by atoms with Gasteiger partial charge in [-0.3, -0.25) is 4.98 Å². The third kappa shape index (κ3) is 2.20. The number of fused-ring (bicyclic) bond motifs is 1. The van der Waals surface area contributed by atoms with Crippen LogP contribution in [-0.4, -0.2) is 49.3 Å². The lowest BCUT2D eigenvalue weighted by Gasteiger charge is -2.11. The SMILES string of the molecule is O=C(O)c1cc(C(=O)O)c2nccc(C(=O)O)c2c1C(=O)O. The zero-order valence-corrected chi connectivity index (χ0v) is 10.6. The van der Waals surface area contributed by atoms with Gasteiger partial charge >= 0.3 is 23.9 Å². The van der Waals surface area contributed by atoms with Crippen LogP contribution in [0.3, 0.4) is 0 Å². The smallest absolute Gasteiger partial charge is 0.337 e. The van der Waals surface area contributed by atoms with E-state index in [0.717, 1.165) is 12.3 Å². The summed E-state index contributed by atoms with van der Waals surface area (Å²) >= 11 is 0. The lowest BCUT2D eigenvalue weighted by atomic mass is 9.94. The average molecular weight is 305 g/mol. The molecule has 0 aliphatic heterocycles. The molecular formula is C13H7NO8. The molecule has 0 bridgehead atoms. The predicted octanol–water partition coefficient (Wildman–Crippen LogP) is 1.03. The summed E-state index contributed by atoms with van der Waals surface area (Å²) in [5.41, 5.74) is -3.20. The van der Waals surface area contributed by atoms with Gasteiger partial charge in [-0.2, -0.15) is 0 Å². The van der Waals surface area contributed by atoms with Crippen LogP contribution in [0.2, 0.25) is 0 Å². The number of carboxylic acid groups (broad SMARTS) is 4. The Morgan fingerprint density at radius 1 is 0.773 bits per heavy atom. The normalized spacial score (nSPS) is 10.4. The molecule has 0 aliphatic carbocycles. The van der Waals surface area contributed by atoms with E-state index in [1.165, 1.54) is 0 Å². The molecule has 9 heteroatoms. The molecular weight excluding hydrogens is 298 g/mol. The number of carboxylic acids is 4. The van der Waals surface area contributed by atoms with Gasteiger partial charge in [0.2, 0.25) is 0 Å². The Bertz CT molecular complexity index is 843. The van der Waals surface area contributed by atoms with Crippen molar-refractivity contribution in [2.45, 2.75) is 0 Å². The molecule has 22 heavy (non-hydrogen) atoms. The molecule has 0 spiro atoms. The van der Waals surface area contributed by atoms with Crippen LogP contribution in [0.25, 0.3) is 10.9 Å². The van der Waals surface area contributed by atoms with Gasteiger partial charge in [-0.25, -0.2) is 19.2 Å². The number of aromatic nitrogens is 1. The Labute approximate surface area is 121 Å². The van der Waals surface area contributed by atoms with Gasteiger partial charge in [0.1, 0.15) is 0 Å². The van der Waals surface area contributed by atoms with Crippen molar-refractivity contribution < 1.29 is 39.6 Å². The van der Waals surface area contributed by atoms with Crippen LogP contribution >= 0.6 is 0 Å². The summed E-state index contributed by atoms with van der Waals surface area (Å²) < 4.78 is 0. The summed E-state index contributed by atoms with van der Waals surface area (Å²) in [6.07, 6.45) is 1.00. The third-order valence-corrected chi connectivity index (χ3v) is 2.92. The second-order valence-electron chi connectivity index (χ2n) is 4.15. The minimum Gasteiger partial charge on any atom is -0.478 e. The molecule has 2 rings (SSSR count). The van der Waals surface area contributed by atoms with Gasteiger partial charge < -0.3 is 20.4 Å². The van der Waals surface area contributed by atoms with Crippen molar-refractivity contribution in [3.63, 3.8) is 0 Å². The van der Waals surface area contributed by atoms with Crippen LogP contribution in [-0.2, 0) is 0 Å². The van der Waals surface area contributed by atoms with Gasteiger partial charge in [0, 0.05) is 11.6 Å². The average Bonchev–Trinajstić information content (AvgIpc) is 2.43. The molecule has 112 valence electrons. The van der Waals surface area contributed by atoms with E-state index < -0.39 is 57.0 Å². The number of rotatable bonds is 4. The molecule has 2 aromatic rings. The molecule has 0 amide bonds. The minimum absolute atomic E-state index is 0.408. The zero-order chi connectivity index (χ0) is 16.6. The molecule has 0 atom stereocenters. The first-order valence-corrected chi connectivity index (χ1v) is 5.64. The second-order valence-corrected chi connectivity index (χ2v) is 4.15. The fraction of sp³-hybridized carbons (Fsp3) is 0. The zero-order valence-electron chi connectivity index (χ0n) is 10.6. The molecule has 0 saturated carbocycles. The van der Waals surface area contributed by atoms with Gasteiger partial charge in [-0.15, -0.1) is 0 Å². The summed E-state index contributed by atoms with van der Waals surface area (Å²) in [6, 6.07) is 1.61. The van der Waals surface area contributed by atoms with Crippen molar-refractivity contribution in [2.24, 2.45) is 0 Å². The summed E-state index contributed by atoms with van der Waals surface area (Å²) in [4.78, 5) is 48.7. The number of aromatic carboxylic acids is 4. The van der Waals surface area contributed by atoms with Gasteiger partial charge in [-0.1, -0.05) is 0 Å². The van der Waals surface area contributed by atoms with Crippen molar-refractivity contribution in [1.82, 2.24) is 4.98 Å². The van der Waals surface area contributed by atoms with Crippen LogP contribution < -0.4 is 0 Å². The van der Waals surface area contributed by atoms with Crippen molar-refractivity contribution >= 4 is 34.8 Å². The maximum Gasteiger partial charge on any atom is 0.337 e. The van der Waals surface area contributed by atoms with Crippen molar-refractivity contribution in [2.75, 3.05) is 0 Å². The molecule has 4 N–H and O–H groups in total. The van der Waals surface area contributed by atoms with Crippen LogP contribution in [0, 0.1) is 0 Å².